The van der Waals surface area contributed by atoms with Crippen LogP contribution in [0.25, 0.3) is 0 Å². The fourth-order valence-corrected chi connectivity index (χ4v) is 29.0. The molecule has 0 unspecified atom stereocenters. The molecule has 0 atom stereocenters. The van der Waals surface area contributed by atoms with Crippen LogP contribution in [0, 0.1) is 0 Å². The Morgan fingerprint density at radius 2 is 0.383 bits per heavy atom. The van der Waals surface area contributed by atoms with Gasteiger partial charge in [0.2, 0.25) is 12.6 Å². The zero-order chi connectivity index (χ0) is 101. The third-order valence-corrected chi connectivity index (χ3v) is 41.4. The highest BCUT2D eigenvalue weighted by molar-refractivity contribution is 8.08. The molecule has 6 aliphatic heterocycles. The van der Waals surface area contributed by atoms with Crippen LogP contribution in [-0.4, -0.2) is 203 Å². The standard InChI is InChI=1S/2C16H13F3O6S2.2C6H6F6O6S2.2C4H3F5O6S2/c1-14(16(17,18)19)24-26(20,21)15(27(22,23)25-14,12-8-4-2-5-9-12)13-10-6-3-7-11-13;17-15(18,19)11-14-24-26(20,21)16(27(22,23)25-14,12-7-3-1-4-8-12)13-9-5-2-6-10-13;2*1-3(5(7,8)9)17-19(13,14)4(2,6(10,11)12)20(15,16)18-3;1-2(3(5,6)7)14-16(10,11)4(8,9)17(12,13)15-2;5-3(6,7)1-2-14-16(10,11)4(8,9)17(12,13)15-2/h2-11H,1H3;1-10,14H,11H2;2*1-2H3;1H3;2H,1H2. The zero-order valence-corrected chi connectivity index (χ0v) is 71.1. The van der Waals surface area contributed by atoms with Crippen molar-refractivity contribution in [1.29, 1.82) is 0 Å². The van der Waals surface area contributed by atoms with Gasteiger partial charge in [-0.1, -0.05) is 121 Å². The van der Waals surface area contributed by atoms with Crippen molar-refractivity contribution in [3.8, 4) is 0 Å². The van der Waals surface area contributed by atoms with Crippen LogP contribution in [0.3, 0.4) is 0 Å². The molecule has 4 aromatic carbocycles. The number of halogens is 28. The molecule has 128 heavy (non-hydrogen) atoms. The van der Waals surface area contributed by atoms with E-state index in [-0.39, 0.29) is 63.8 Å². The molecule has 0 bridgehead atoms. The van der Waals surface area contributed by atoms with Crippen molar-refractivity contribution in [3.05, 3.63) is 144 Å². The van der Waals surface area contributed by atoms with Crippen molar-refractivity contribution in [2.75, 3.05) is 0 Å². The summed E-state index contributed by atoms with van der Waals surface area (Å²) in [5, 5.41) is 0. The Balaban J connectivity index is 0.000000275. The zero-order valence-electron chi connectivity index (χ0n) is 61.3. The molecule has 10 rings (SSSR count). The lowest BCUT2D eigenvalue weighted by molar-refractivity contribution is -0.317. The summed E-state index contributed by atoms with van der Waals surface area (Å²) < 4.78 is 649. The van der Waals surface area contributed by atoms with Gasteiger partial charge in [-0.25, -0.2) is 50.2 Å². The molecule has 0 aliphatic carbocycles. The van der Waals surface area contributed by atoms with Crippen molar-refractivity contribution in [2.24, 2.45) is 0 Å². The highest BCUT2D eigenvalue weighted by atomic mass is 32.3. The van der Waals surface area contributed by atoms with Crippen LogP contribution in [0.2, 0.25) is 0 Å². The second-order valence-electron chi connectivity index (χ2n) is 25.3. The Bertz CT molecular complexity index is 5870. The minimum atomic E-state index is -6.33. The summed E-state index contributed by atoms with van der Waals surface area (Å²) in [7, 11) is -70.8. The number of rotatable bonds is 6. The smallest absolute Gasteiger partial charge is 0.235 e. The minimum absolute atomic E-state index is 0.155. The van der Waals surface area contributed by atoms with Gasteiger partial charge in [0.1, 0.15) is 0 Å². The summed E-state index contributed by atoms with van der Waals surface area (Å²) in [4.78, 5) is 0. The fraction of sp³-hybridized carbons (Fsp3) is 0.538. The normalized spacial score (nSPS) is 28.8. The van der Waals surface area contributed by atoms with Crippen molar-refractivity contribution in [2.45, 2.75) is 165 Å². The van der Waals surface area contributed by atoms with E-state index < -0.39 is 245 Å². The van der Waals surface area contributed by atoms with Crippen LogP contribution in [0.5, 0.6) is 0 Å². The molecule has 36 nitrogen and oxygen atoms in total. The highest BCUT2D eigenvalue weighted by Gasteiger charge is 2.82. The summed E-state index contributed by atoms with van der Waals surface area (Å²) in [5.74, 6) is -16.6. The summed E-state index contributed by atoms with van der Waals surface area (Å²) in [6.45, 7) is -1.03. The lowest BCUT2D eigenvalue weighted by Gasteiger charge is -2.42. The van der Waals surface area contributed by atoms with Gasteiger partial charge in [0.15, 0.2) is 0 Å². The predicted octanol–water partition coefficient (Wildman–Crippen LogP) is 9.29. The maximum Gasteiger partial charge on any atom is 0.496 e. The van der Waals surface area contributed by atoms with Gasteiger partial charge < -0.3 is 0 Å². The van der Waals surface area contributed by atoms with Crippen LogP contribution >= 0.6 is 0 Å². The van der Waals surface area contributed by atoms with Crippen LogP contribution in [-0.2, 0) is 180 Å². The lowest BCUT2D eigenvalue weighted by Crippen LogP contribution is -2.66. The predicted molar refractivity (Wildman–Crippen MR) is 353 cm³/mol. The second-order valence-corrected chi connectivity index (χ2v) is 47.6. The summed E-state index contributed by atoms with van der Waals surface area (Å²) in [6.07, 6.45) is -53.9. The topological polar surface area (TPSA) is 520 Å². The molecular weight excluding hydrogens is 2120 g/mol. The molecule has 6 fully saturated rings. The van der Waals surface area contributed by atoms with Gasteiger partial charge >= 0.3 is 188 Å². The SMILES string of the molecule is CC1(C(F)(F)F)OS(=O)(=O)C(C)(C(F)(F)F)S(=O)(=O)O1.CC1(C(F)(F)F)OS(=O)(=O)C(C)(C(F)(F)F)S(=O)(=O)O1.CC1(C(F)(F)F)OS(=O)(=O)C(F)(F)S(=O)(=O)O1.CC1(C(F)(F)F)OS(=O)(=O)C(c2ccccc2)(c2ccccc2)S(=O)(=O)O1.O=S1(=O)OC(CC(F)(F)F)OS(=O)(=O)C1(F)F.O=S1(=O)OC(CC(F)(F)F)OS(=O)(=O)C1(c1ccccc1)c1ccccc1. The average molecular weight is 2160 g/mol. The molecule has 0 saturated carbocycles. The number of alkyl halides is 28. The number of hydrogen-bond acceptors (Lipinski definition) is 36. The van der Waals surface area contributed by atoms with Crippen LogP contribution in [0.15, 0.2) is 121 Å². The third-order valence-electron chi connectivity index (χ3n) is 16.1. The monoisotopic (exact) mass is 2160 g/mol. The molecule has 0 radical (unpaired) electrons. The largest absolute Gasteiger partial charge is 0.496 e. The van der Waals surface area contributed by atoms with Gasteiger partial charge in [-0.3, -0.25) is 0 Å². The summed E-state index contributed by atoms with van der Waals surface area (Å²) >= 11 is 0. The molecule has 0 amide bonds. The van der Waals surface area contributed by atoms with Gasteiger partial charge in [0, 0.05) is 27.7 Å². The average Bonchev–Trinajstić information content (AvgIpc) is 0.694. The van der Waals surface area contributed by atoms with E-state index in [1.807, 2.05) is 0 Å². The van der Waals surface area contributed by atoms with Crippen molar-refractivity contribution < 1.29 is 274 Å². The van der Waals surface area contributed by atoms with Gasteiger partial charge in [-0.2, -0.15) is 224 Å². The van der Waals surface area contributed by atoms with E-state index in [2.05, 4.69) is 50.2 Å². The van der Waals surface area contributed by atoms with Crippen molar-refractivity contribution in [1.82, 2.24) is 0 Å². The Hall–Kier alpha value is -6.16. The van der Waals surface area contributed by atoms with Gasteiger partial charge in [0.25, 0.3) is 31.3 Å². The number of hydrogen-bond donors (Lipinski definition) is 0. The Kier molecular flexibility index (Phi) is 29.9. The van der Waals surface area contributed by atoms with Crippen molar-refractivity contribution in [3.63, 3.8) is 0 Å². The molecule has 76 heteroatoms. The highest BCUT2D eigenvalue weighted by Crippen LogP contribution is 2.58. The van der Waals surface area contributed by atoms with Gasteiger partial charge in [-0.05, 0) is 36.1 Å². The van der Waals surface area contributed by atoms with Gasteiger partial charge in [0.05, 0.1) is 12.8 Å². The first-order chi connectivity index (χ1) is 56.1. The van der Waals surface area contributed by atoms with Crippen LogP contribution < -0.4 is 0 Å². The Morgan fingerprint density at radius 1 is 0.227 bits per heavy atom. The molecule has 4 aromatic rings. The molecule has 0 aromatic heterocycles. The van der Waals surface area contributed by atoms with E-state index >= 15 is 0 Å². The molecule has 6 heterocycles. The quantitative estimate of drug-likeness (QED) is 0.128. The van der Waals surface area contributed by atoms with Crippen LogP contribution in [0.4, 0.5) is 123 Å². The van der Waals surface area contributed by atoms with E-state index in [0.29, 0.717) is 0 Å². The van der Waals surface area contributed by atoms with E-state index in [1.54, 1.807) is 0 Å². The first-order valence-corrected chi connectivity index (χ1v) is 47.9. The Labute approximate surface area is 700 Å². The first-order valence-electron chi connectivity index (χ1n) is 31.0. The summed E-state index contributed by atoms with van der Waals surface area (Å²) in [5.41, 5.74) is -1.14. The summed E-state index contributed by atoms with van der Waals surface area (Å²) in [6, 6.07) is 26.5. The molecular formula is C52H44F28O36S12. The number of benzene rings is 4. The molecule has 6 saturated heterocycles. The van der Waals surface area contributed by atoms with E-state index in [1.165, 1.54) is 97.1 Å². The maximum atomic E-state index is 13.3. The molecule has 0 N–H and O–H groups in total. The molecule has 736 valence electrons. The lowest BCUT2D eigenvalue weighted by atomic mass is 10.0. The van der Waals surface area contributed by atoms with Crippen LogP contribution in [0.1, 0.15) is 76.6 Å². The van der Waals surface area contributed by atoms with E-state index in [0.717, 1.165) is 24.3 Å². The first kappa shape index (κ1) is 112. The minimum Gasteiger partial charge on any atom is -0.235 e. The van der Waals surface area contributed by atoms with E-state index in [4.69, 9.17) is 0 Å². The molecule has 6 aliphatic rings. The van der Waals surface area contributed by atoms with Gasteiger partial charge in [-0.15, -0.1) is 0 Å². The maximum absolute atomic E-state index is 13.3. The van der Waals surface area contributed by atoms with Crippen molar-refractivity contribution >= 4 is 121 Å². The molecule has 0 spiro atoms. The van der Waals surface area contributed by atoms with E-state index in [9.17, 15) is 224 Å². The fourth-order valence-electron chi connectivity index (χ4n) is 9.43. The Morgan fingerprint density at radius 3 is 0.555 bits per heavy atom. The second kappa shape index (κ2) is 34.0. The third kappa shape index (κ3) is 20.1.